The highest BCUT2D eigenvalue weighted by molar-refractivity contribution is 5.88. The van der Waals surface area contributed by atoms with Gasteiger partial charge >= 0.3 is 17.9 Å². The Kier molecular flexibility index (Phi) is 13.0. The molecule has 0 fully saturated rings. The van der Waals surface area contributed by atoms with Crippen molar-refractivity contribution in [2.45, 2.75) is 18.4 Å². The van der Waals surface area contributed by atoms with Crippen LogP contribution in [-0.4, -0.2) is 104 Å². The van der Waals surface area contributed by atoms with Crippen molar-refractivity contribution in [1.82, 2.24) is 4.90 Å². The molecular formula is C12H23NO10. The lowest BCUT2D eigenvalue weighted by Gasteiger charge is -2.18. The van der Waals surface area contributed by atoms with Gasteiger partial charge < -0.3 is 35.7 Å². The molecule has 11 nitrogen and oxygen atoms in total. The number of aliphatic carboxylic acids is 3. The fourth-order valence-electron chi connectivity index (χ4n) is 1.47. The summed E-state index contributed by atoms with van der Waals surface area (Å²) in [4.78, 5) is 32.3. The third-order valence-electron chi connectivity index (χ3n) is 2.53. The predicted molar refractivity (Wildman–Crippen MR) is 74.8 cm³/mol. The molecule has 0 saturated carbocycles. The molecule has 11 heteroatoms. The number of carboxylic acid groups (broad SMARTS) is 3. The zero-order chi connectivity index (χ0) is 18.5. The summed E-state index contributed by atoms with van der Waals surface area (Å²) in [5.41, 5.74) is -2.74. The topological polar surface area (TPSA) is 196 Å². The molecule has 0 heterocycles. The van der Waals surface area contributed by atoms with Crippen LogP contribution in [0, 0.1) is 0 Å². The molecule has 136 valence electrons. The van der Waals surface area contributed by atoms with Crippen LogP contribution in [-0.2, 0) is 14.4 Å². The van der Waals surface area contributed by atoms with Crippen molar-refractivity contribution in [2.24, 2.45) is 0 Å². The highest BCUT2D eigenvalue weighted by Crippen LogP contribution is 2.15. The van der Waals surface area contributed by atoms with E-state index in [1.807, 2.05) is 0 Å². The Balaban J connectivity index is 0. The molecule has 0 spiro atoms. The summed E-state index contributed by atoms with van der Waals surface area (Å²) in [7, 11) is 0. The lowest BCUT2D eigenvalue weighted by atomic mass is 9.96. The number of nitrogens with zero attached hydrogens (tertiary/aromatic N) is 1. The average molecular weight is 341 g/mol. The molecule has 0 bridgehead atoms. The van der Waals surface area contributed by atoms with Gasteiger partial charge in [0.1, 0.15) is 0 Å². The monoisotopic (exact) mass is 341 g/mol. The van der Waals surface area contributed by atoms with Crippen molar-refractivity contribution in [1.29, 1.82) is 0 Å². The number of rotatable bonds is 11. The average Bonchev–Trinajstić information content (AvgIpc) is 2.38. The molecule has 0 unspecified atom stereocenters. The Morgan fingerprint density at radius 3 is 1.22 bits per heavy atom. The van der Waals surface area contributed by atoms with E-state index < -0.39 is 36.4 Å². The van der Waals surface area contributed by atoms with E-state index in [0.717, 1.165) is 0 Å². The van der Waals surface area contributed by atoms with Crippen LogP contribution in [0.4, 0.5) is 0 Å². The summed E-state index contributed by atoms with van der Waals surface area (Å²) in [6.07, 6.45) is -2.29. The van der Waals surface area contributed by atoms with E-state index in [1.165, 1.54) is 0 Å². The maximum Gasteiger partial charge on any atom is 0.336 e. The van der Waals surface area contributed by atoms with Gasteiger partial charge in [-0.2, -0.15) is 0 Å². The Morgan fingerprint density at radius 1 is 0.739 bits per heavy atom. The van der Waals surface area contributed by atoms with Crippen LogP contribution in [0.2, 0.25) is 0 Å². The van der Waals surface area contributed by atoms with Crippen molar-refractivity contribution in [3.63, 3.8) is 0 Å². The minimum Gasteiger partial charge on any atom is -0.481 e. The third kappa shape index (κ3) is 12.4. The second-order valence-corrected chi connectivity index (χ2v) is 4.49. The maximum atomic E-state index is 10.3. The van der Waals surface area contributed by atoms with Crippen molar-refractivity contribution in [3.8, 4) is 0 Å². The first-order valence-corrected chi connectivity index (χ1v) is 6.57. The Morgan fingerprint density at radius 2 is 1.04 bits per heavy atom. The highest BCUT2D eigenvalue weighted by Gasteiger charge is 2.40. The van der Waals surface area contributed by atoms with E-state index in [4.69, 9.17) is 35.7 Å². The fraction of sp³-hybridized carbons (Fsp3) is 0.750. The number of aliphatic hydroxyl groups excluding tert-OH is 3. The quantitative estimate of drug-likeness (QED) is 0.202. The molecule has 0 aromatic heterocycles. The first-order chi connectivity index (χ1) is 10.6. The molecule has 0 aromatic carbocycles. The standard InChI is InChI=1S/C6H15NO3.C6H8O7/c8-4-1-7(2-5-9)3-6-10;7-3(8)1-6(13,5(11)12)2-4(9)10/h8-10H,1-6H2;13H,1-2H2,(H,7,8)(H,9,10)(H,11,12). The zero-order valence-electron chi connectivity index (χ0n) is 12.5. The number of hydrogen-bond acceptors (Lipinski definition) is 8. The predicted octanol–water partition coefficient (Wildman–Crippen LogP) is -2.98. The second-order valence-electron chi connectivity index (χ2n) is 4.49. The lowest BCUT2D eigenvalue weighted by molar-refractivity contribution is -0.170. The van der Waals surface area contributed by atoms with Gasteiger partial charge in [0.05, 0.1) is 32.7 Å². The van der Waals surface area contributed by atoms with Gasteiger partial charge in [0, 0.05) is 19.6 Å². The second kappa shape index (κ2) is 12.7. The first kappa shape index (κ1) is 23.5. The summed E-state index contributed by atoms with van der Waals surface area (Å²) in [5, 5.41) is 59.3. The summed E-state index contributed by atoms with van der Waals surface area (Å²) in [6.45, 7) is 1.75. The minimum absolute atomic E-state index is 0.0694. The molecule has 0 aromatic rings. The summed E-state index contributed by atoms with van der Waals surface area (Å²) in [6, 6.07) is 0. The number of carboxylic acids is 3. The van der Waals surface area contributed by atoms with Crippen molar-refractivity contribution < 1.29 is 50.1 Å². The zero-order valence-corrected chi connectivity index (χ0v) is 12.5. The molecule has 0 aliphatic heterocycles. The fourth-order valence-corrected chi connectivity index (χ4v) is 1.47. The number of carbonyl (C=O) groups is 3. The van der Waals surface area contributed by atoms with Gasteiger partial charge in [-0.25, -0.2) is 4.79 Å². The van der Waals surface area contributed by atoms with E-state index in [9.17, 15) is 14.4 Å². The lowest BCUT2D eigenvalue weighted by Crippen LogP contribution is -2.42. The molecule has 0 atom stereocenters. The van der Waals surface area contributed by atoms with Crippen LogP contribution in [0.25, 0.3) is 0 Å². The molecule has 7 N–H and O–H groups in total. The van der Waals surface area contributed by atoms with Gasteiger partial charge in [0.25, 0.3) is 0 Å². The van der Waals surface area contributed by atoms with Crippen LogP contribution in [0.15, 0.2) is 0 Å². The van der Waals surface area contributed by atoms with Crippen LogP contribution >= 0.6 is 0 Å². The molecule has 0 radical (unpaired) electrons. The Bertz CT molecular complexity index is 343. The first-order valence-electron chi connectivity index (χ1n) is 6.57. The van der Waals surface area contributed by atoms with Gasteiger partial charge in [0.2, 0.25) is 0 Å². The van der Waals surface area contributed by atoms with Gasteiger partial charge in [-0.05, 0) is 0 Å². The number of hydrogen-bond donors (Lipinski definition) is 7. The van der Waals surface area contributed by atoms with Crippen molar-refractivity contribution >= 4 is 17.9 Å². The van der Waals surface area contributed by atoms with E-state index >= 15 is 0 Å². The minimum atomic E-state index is -2.74. The van der Waals surface area contributed by atoms with E-state index in [-0.39, 0.29) is 19.8 Å². The third-order valence-corrected chi connectivity index (χ3v) is 2.53. The van der Waals surface area contributed by atoms with Gasteiger partial charge in [-0.1, -0.05) is 0 Å². The summed E-state index contributed by atoms with van der Waals surface area (Å²) < 4.78 is 0. The van der Waals surface area contributed by atoms with Gasteiger partial charge in [-0.3, -0.25) is 14.5 Å². The smallest absolute Gasteiger partial charge is 0.336 e. The normalized spacial score (nSPS) is 10.8. The van der Waals surface area contributed by atoms with Gasteiger partial charge in [0.15, 0.2) is 5.60 Å². The van der Waals surface area contributed by atoms with Crippen LogP contribution in [0.5, 0.6) is 0 Å². The molecule has 0 rings (SSSR count). The number of aliphatic hydroxyl groups is 4. The van der Waals surface area contributed by atoms with E-state index in [1.54, 1.807) is 4.90 Å². The Labute approximate surface area is 132 Å². The molecular weight excluding hydrogens is 318 g/mol. The molecule has 23 heavy (non-hydrogen) atoms. The molecule has 0 aliphatic rings. The Hall–Kier alpha value is -1.79. The summed E-state index contributed by atoms with van der Waals surface area (Å²) >= 11 is 0. The molecule has 0 amide bonds. The molecule has 0 aliphatic carbocycles. The van der Waals surface area contributed by atoms with Crippen LogP contribution in [0.1, 0.15) is 12.8 Å². The largest absolute Gasteiger partial charge is 0.481 e. The van der Waals surface area contributed by atoms with Crippen LogP contribution < -0.4 is 0 Å². The van der Waals surface area contributed by atoms with Crippen LogP contribution in [0.3, 0.4) is 0 Å². The molecule has 0 saturated heterocycles. The van der Waals surface area contributed by atoms with Crippen molar-refractivity contribution in [3.05, 3.63) is 0 Å². The van der Waals surface area contributed by atoms with Crippen molar-refractivity contribution in [2.75, 3.05) is 39.5 Å². The van der Waals surface area contributed by atoms with E-state index in [2.05, 4.69) is 0 Å². The maximum absolute atomic E-state index is 10.3. The highest BCUT2D eigenvalue weighted by atomic mass is 16.4. The SMILES string of the molecule is O=C(O)CC(O)(CC(=O)O)C(=O)O.OCCN(CCO)CCO. The summed E-state index contributed by atoms with van der Waals surface area (Å²) in [5.74, 6) is -5.02. The van der Waals surface area contributed by atoms with E-state index in [0.29, 0.717) is 19.6 Å². The van der Waals surface area contributed by atoms with Gasteiger partial charge in [-0.15, -0.1) is 0 Å².